The third-order valence-corrected chi connectivity index (χ3v) is 2.99. The van der Waals surface area contributed by atoms with Crippen molar-refractivity contribution in [2.24, 2.45) is 0 Å². The van der Waals surface area contributed by atoms with Crippen LogP contribution in [0.2, 0.25) is 0 Å². The largest absolute Gasteiger partial charge is 0.377 e. The quantitative estimate of drug-likeness (QED) is 0.854. The van der Waals surface area contributed by atoms with Gasteiger partial charge in [-0.15, -0.1) is 0 Å². The fraction of sp³-hybridized carbons (Fsp3) is 0.462. The second-order valence-electron chi connectivity index (χ2n) is 4.87. The molecule has 2 aromatic rings. The van der Waals surface area contributed by atoms with Crippen LogP contribution >= 0.6 is 0 Å². The van der Waals surface area contributed by atoms with Crippen LogP contribution in [0.1, 0.15) is 25.6 Å². The highest BCUT2D eigenvalue weighted by atomic mass is 16.5. The molecule has 7 nitrogen and oxygen atoms in total. The highest BCUT2D eigenvalue weighted by Crippen LogP contribution is 2.15. The van der Waals surface area contributed by atoms with E-state index in [1.807, 2.05) is 42.9 Å². The van der Waals surface area contributed by atoms with E-state index in [0.29, 0.717) is 11.7 Å². The van der Waals surface area contributed by atoms with Crippen LogP contribution in [0, 0.1) is 0 Å². The van der Waals surface area contributed by atoms with Crippen molar-refractivity contribution in [3.05, 3.63) is 36.2 Å². The summed E-state index contributed by atoms with van der Waals surface area (Å²) in [5.74, 6) is 0.690. The summed E-state index contributed by atoms with van der Waals surface area (Å²) in [4.78, 5) is 16.3. The Morgan fingerprint density at radius 1 is 1.45 bits per heavy atom. The van der Waals surface area contributed by atoms with E-state index in [9.17, 15) is 4.79 Å². The van der Waals surface area contributed by atoms with E-state index in [4.69, 9.17) is 9.26 Å². The summed E-state index contributed by atoms with van der Waals surface area (Å²) in [6.07, 6.45) is 3.70. The number of hydrogen-bond donors (Lipinski definition) is 1. The van der Waals surface area contributed by atoms with Crippen LogP contribution in [0.25, 0.3) is 0 Å². The smallest absolute Gasteiger partial charge is 0.246 e. The van der Waals surface area contributed by atoms with Gasteiger partial charge in [0.25, 0.3) is 0 Å². The van der Waals surface area contributed by atoms with E-state index >= 15 is 0 Å². The van der Waals surface area contributed by atoms with Gasteiger partial charge in [-0.25, -0.2) is 0 Å². The monoisotopic (exact) mass is 278 g/mol. The topological polar surface area (TPSA) is 82.2 Å². The maximum Gasteiger partial charge on any atom is 0.246 e. The molecular weight excluding hydrogens is 260 g/mol. The molecule has 0 saturated carbocycles. The van der Waals surface area contributed by atoms with Gasteiger partial charge in [-0.1, -0.05) is 5.16 Å². The lowest BCUT2D eigenvalue weighted by Gasteiger charge is -2.25. The molecule has 1 N–H and O–H groups in total. The molecule has 2 heterocycles. The van der Waals surface area contributed by atoms with Gasteiger partial charge in [0.05, 0.1) is 6.54 Å². The van der Waals surface area contributed by atoms with Crippen molar-refractivity contribution in [3.8, 4) is 0 Å². The molecule has 20 heavy (non-hydrogen) atoms. The van der Waals surface area contributed by atoms with Crippen LogP contribution in [0.4, 0.5) is 0 Å². The molecule has 108 valence electrons. The van der Waals surface area contributed by atoms with Gasteiger partial charge in [-0.3, -0.25) is 4.79 Å². The van der Waals surface area contributed by atoms with Crippen LogP contribution in [0.3, 0.4) is 0 Å². The van der Waals surface area contributed by atoms with E-state index in [-0.39, 0.29) is 19.1 Å². The number of nitrogens with one attached hydrogen (secondary N) is 1. The standard InChI is InChI=1S/C13H18N4O3/c1-13(2,17-6-4-5-7-17)12(18)14-8-11-15-10(9-19-3)16-20-11/h4-7H,8-9H2,1-3H3,(H,14,18). The van der Waals surface area contributed by atoms with Gasteiger partial charge in [0, 0.05) is 19.5 Å². The van der Waals surface area contributed by atoms with Gasteiger partial charge in [0.1, 0.15) is 12.1 Å². The number of nitrogens with zero attached hydrogens (tertiary/aromatic N) is 3. The van der Waals surface area contributed by atoms with E-state index < -0.39 is 5.54 Å². The fourth-order valence-electron chi connectivity index (χ4n) is 1.75. The summed E-state index contributed by atoms with van der Waals surface area (Å²) in [6.45, 7) is 4.16. The van der Waals surface area contributed by atoms with Gasteiger partial charge >= 0.3 is 0 Å². The third-order valence-electron chi connectivity index (χ3n) is 2.99. The van der Waals surface area contributed by atoms with Gasteiger partial charge in [0.15, 0.2) is 5.82 Å². The van der Waals surface area contributed by atoms with Crippen LogP contribution in [-0.2, 0) is 28.2 Å². The maximum atomic E-state index is 12.2. The molecule has 0 bridgehead atoms. The normalized spacial score (nSPS) is 11.6. The zero-order valence-electron chi connectivity index (χ0n) is 11.8. The average molecular weight is 278 g/mol. The second-order valence-corrected chi connectivity index (χ2v) is 4.87. The van der Waals surface area contributed by atoms with Crippen molar-refractivity contribution in [2.75, 3.05) is 7.11 Å². The third kappa shape index (κ3) is 3.05. The minimum Gasteiger partial charge on any atom is -0.377 e. The second kappa shape index (κ2) is 5.87. The Labute approximate surface area is 116 Å². The maximum absolute atomic E-state index is 12.2. The lowest BCUT2D eigenvalue weighted by atomic mass is 10.0. The number of carbonyl (C=O) groups is 1. The van der Waals surface area contributed by atoms with Crippen molar-refractivity contribution in [2.45, 2.75) is 32.5 Å². The van der Waals surface area contributed by atoms with E-state index in [1.54, 1.807) is 7.11 Å². The van der Waals surface area contributed by atoms with Gasteiger partial charge in [-0.2, -0.15) is 4.98 Å². The van der Waals surface area contributed by atoms with Gasteiger partial charge < -0.3 is 19.1 Å². The molecule has 2 rings (SSSR count). The molecule has 0 aliphatic carbocycles. The summed E-state index contributed by atoms with van der Waals surface area (Å²) < 4.78 is 11.7. The predicted octanol–water partition coefficient (Wildman–Crippen LogP) is 1.07. The lowest BCUT2D eigenvalue weighted by molar-refractivity contribution is -0.128. The lowest BCUT2D eigenvalue weighted by Crippen LogP contribution is -2.43. The first-order valence-electron chi connectivity index (χ1n) is 6.26. The van der Waals surface area contributed by atoms with Crippen molar-refractivity contribution in [1.82, 2.24) is 20.0 Å². The zero-order chi connectivity index (χ0) is 14.6. The first-order chi connectivity index (χ1) is 9.54. The molecule has 0 aliphatic heterocycles. The van der Waals surface area contributed by atoms with Gasteiger partial charge in [-0.05, 0) is 26.0 Å². The van der Waals surface area contributed by atoms with E-state index in [1.165, 1.54) is 0 Å². The van der Waals surface area contributed by atoms with Crippen molar-refractivity contribution >= 4 is 5.91 Å². The Bertz CT molecular complexity index is 560. The minimum absolute atomic E-state index is 0.125. The molecule has 0 saturated heterocycles. The Balaban J connectivity index is 1.94. The fourth-order valence-corrected chi connectivity index (χ4v) is 1.75. The van der Waals surface area contributed by atoms with Gasteiger partial charge in [0.2, 0.25) is 11.8 Å². The number of ether oxygens (including phenoxy) is 1. The van der Waals surface area contributed by atoms with Crippen LogP contribution < -0.4 is 5.32 Å². The summed E-state index contributed by atoms with van der Waals surface area (Å²) in [7, 11) is 1.55. The molecule has 0 spiro atoms. The van der Waals surface area contributed by atoms with Crippen LogP contribution in [0.15, 0.2) is 29.0 Å². The van der Waals surface area contributed by atoms with Crippen LogP contribution in [-0.4, -0.2) is 27.7 Å². The molecule has 0 atom stereocenters. The number of amides is 1. The number of methoxy groups -OCH3 is 1. The number of carbonyl (C=O) groups excluding carboxylic acids is 1. The number of aromatic nitrogens is 3. The Kier molecular flexibility index (Phi) is 4.19. The van der Waals surface area contributed by atoms with Crippen molar-refractivity contribution < 1.29 is 14.1 Å². The summed E-state index contributed by atoms with van der Waals surface area (Å²) in [5.41, 5.74) is -0.682. The summed E-state index contributed by atoms with van der Waals surface area (Å²) >= 11 is 0. The molecule has 2 aromatic heterocycles. The Morgan fingerprint density at radius 3 is 2.80 bits per heavy atom. The van der Waals surface area contributed by atoms with E-state index in [2.05, 4.69) is 15.5 Å². The first-order valence-corrected chi connectivity index (χ1v) is 6.26. The molecule has 0 radical (unpaired) electrons. The molecule has 0 fully saturated rings. The predicted molar refractivity (Wildman–Crippen MR) is 70.6 cm³/mol. The molecule has 0 aliphatic rings. The first kappa shape index (κ1) is 14.3. The molecule has 7 heteroatoms. The van der Waals surface area contributed by atoms with Crippen LogP contribution in [0.5, 0.6) is 0 Å². The summed E-state index contributed by atoms with van der Waals surface area (Å²) in [6, 6.07) is 3.76. The minimum atomic E-state index is -0.682. The molecule has 0 unspecified atom stereocenters. The summed E-state index contributed by atoms with van der Waals surface area (Å²) in [5, 5.41) is 6.51. The highest BCUT2D eigenvalue weighted by Gasteiger charge is 2.28. The molecular formula is C13H18N4O3. The average Bonchev–Trinajstić information content (AvgIpc) is 3.07. The Hall–Kier alpha value is -2.15. The molecule has 1 amide bonds. The SMILES string of the molecule is COCc1noc(CNC(=O)C(C)(C)n2cccc2)n1. The van der Waals surface area contributed by atoms with Crippen molar-refractivity contribution in [3.63, 3.8) is 0 Å². The zero-order valence-corrected chi connectivity index (χ0v) is 11.8. The number of rotatable bonds is 6. The van der Waals surface area contributed by atoms with E-state index in [0.717, 1.165) is 0 Å². The Morgan fingerprint density at radius 2 is 2.15 bits per heavy atom. The van der Waals surface area contributed by atoms with Crippen molar-refractivity contribution in [1.29, 1.82) is 0 Å². The number of hydrogen-bond acceptors (Lipinski definition) is 5. The highest BCUT2D eigenvalue weighted by molar-refractivity contribution is 5.83. The molecule has 0 aromatic carbocycles.